The van der Waals surface area contributed by atoms with Gasteiger partial charge in [0, 0.05) is 0 Å². The summed E-state index contributed by atoms with van der Waals surface area (Å²) < 4.78 is 5.73. The topological polar surface area (TPSA) is 9.23 Å². The van der Waals surface area contributed by atoms with E-state index in [1.54, 1.807) is 0 Å². The second-order valence-corrected chi connectivity index (χ2v) is 1.73. The molecule has 0 saturated heterocycles. The summed E-state index contributed by atoms with van der Waals surface area (Å²) in [5.41, 5.74) is 0. The summed E-state index contributed by atoms with van der Waals surface area (Å²) in [4.78, 5) is 0. The zero-order valence-electron chi connectivity index (χ0n) is 3.99. The van der Waals surface area contributed by atoms with Crippen LogP contribution < -0.4 is 0 Å². The van der Waals surface area contributed by atoms with Crippen LogP contribution in [0.3, 0.4) is 0 Å². The molecule has 0 spiro atoms. The Morgan fingerprint density at radius 3 is 2.33 bits per heavy atom. The summed E-state index contributed by atoms with van der Waals surface area (Å²) in [5, 5.41) is 0. The van der Waals surface area contributed by atoms with E-state index in [1.165, 1.54) is 0 Å². The third kappa shape index (κ3) is 4.35. The summed E-state index contributed by atoms with van der Waals surface area (Å²) in [6, 6.07) is 0. The molecular weight excluding hydrogens is 119 g/mol. The van der Waals surface area contributed by atoms with Crippen molar-refractivity contribution in [3.8, 4) is 0 Å². The molecule has 0 aromatic carbocycles. The van der Waals surface area contributed by atoms with Crippen LogP contribution in [0.5, 0.6) is 0 Å². The standard InChI is InChI=1S/C4H8O.Mn/c1-3-5-4-2;/h3H2,1-2H3;. The maximum absolute atomic E-state index is 4.88. The summed E-state index contributed by atoms with van der Waals surface area (Å²) in [6.45, 7) is 4.56. The van der Waals surface area contributed by atoms with Crippen molar-refractivity contribution >= 4 is 4.60 Å². The molecule has 2 heteroatoms. The van der Waals surface area contributed by atoms with E-state index in [4.69, 9.17) is 4.74 Å². The molecule has 37 valence electrons. The van der Waals surface area contributed by atoms with Gasteiger partial charge in [-0.3, -0.25) is 0 Å². The van der Waals surface area contributed by atoms with Gasteiger partial charge in [0.15, 0.2) is 0 Å². The third-order valence-electron chi connectivity index (χ3n) is 0.343. The van der Waals surface area contributed by atoms with Crippen molar-refractivity contribution < 1.29 is 20.3 Å². The average molecular weight is 127 g/mol. The van der Waals surface area contributed by atoms with Crippen molar-refractivity contribution in [1.82, 2.24) is 0 Å². The summed E-state index contributed by atoms with van der Waals surface area (Å²) in [6.07, 6.45) is 0. The first-order chi connectivity index (χ1) is 2.77. The first-order valence-corrected chi connectivity index (χ1v) is 2.48. The molecule has 0 aromatic heterocycles. The summed E-state index contributed by atoms with van der Waals surface area (Å²) in [5.74, 6) is 0. The SMILES string of the molecule is CCO[C](C)=[Mn]. The quantitative estimate of drug-likeness (QED) is 0.496. The van der Waals surface area contributed by atoms with E-state index in [0.29, 0.717) is 0 Å². The Labute approximate surface area is 46.0 Å². The molecule has 0 saturated carbocycles. The molecule has 0 amide bonds. The third-order valence-corrected chi connectivity index (χ3v) is 0.514. The fourth-order valence-corrected chi connectivity index (χ4v) is 0.369. The van der Waals surface area contributed by atoms with Crippen LogP contribution >= 0.6 is 0 Å². The molecule has 0 fully saturated rings. The van der Waals surface area contributed by atoms with E-state index in [0.717, 1.165) is 11.2 Å². The molecule has 0 heterocycles. The average Bonchev–Trinajstić information content (AvgIpc) is 1.35. The monoisotopic (exact) mass is 127 g/mol. The van der Waals surface area contributed by atoms with E-state index in [-0.39, 0.29) is 0 Å². The van der Waals surface area contributed by atoms with Crippen molar-refractivity contribution in [3.05, 3.63) is 0 Å². The van der Waals surface area contributed by atoms with E-state index in [2.05, 4.69) is 15.6 Å². The second kappa shape index (κ2) is 3.54. The van der Waals surface area contributed by atoms with Gasteiger partial charge in [0.25, 0.3) is 0 Å². The van der Waals surface area contributed by atoms with Gasteiger partial charge in [-0.25, -0.2) is 0 Å². The normalized spacial score (nSPS) is 8.33. The van der Waals surface area contributed by atoms with Crippen LogP contribution in [0.15, 0.2) is 0 Å². The predicted octanol–water partition coefficient (Wildman–Crippen LogP) is 0.720. The van der Waals surface area contributed by atoms with Crippen molar-refractivity contribution in [2.45, 2.75) is 13.8 Å². The van der Waals surface area contributed by atoms with Crippen LogP contribution in [0.1, 0.15) is 13.8 Å². The van der Waals surface area contributed by atoms with Gasteiger partial charge in [0.2, 0.25) is 0 Å². The van der Waals surface area contributed by atoms with Gasteiger partial charge in [-0.05, 0) is 0 Å². The Morgan fingerprint density at radius 1 is 1.83 bits per heavy atom. The molecule has 6 heavy (non-hydrogen) atoms. The van der Waals surface area contributed by atoms with Crippen molar-refractivity contribution in [2.24, 2.45) is 0 Å². The fourth-order valence-electron chi connectivity index (χ4n) is 0.199. The fraction of sp³-hybridized carbons (Fsp3) is 0.750. The van der Waals surface area contributed by atoms with Crippen LogP contribution in [-0.2, 0) is 20.3 Å². The van der Waals surface area contributed by atoms with Crippen LogP contribution in [0, 0.1) is 0 Å². The first-order valence-electron chi connectivity index (χ1n) is 1.89. The molecule has 0 unspecified atom stereocenters. The molecule has 0 aromatic rings. The van der Waals surface area contributed by atoms with E-state index >= 15 is 0 Å². The van der Waals surface area contributed by atoms with Gasteiger partial charge in [-0.2, -0.15) is 0 Å². The van der Waals surface area contributed by atoms with Crippen molar-refractivity contribution in [1.29, 1.82) is 0 Å². The van der Waals surface area contributed by atoms with Crippen LogP contribution in [0.25, 0.3) is 0 Å². The number of hydrogen-bond donors (Lipinski definition) is 0. The Balaban J connectivity index is 2.83. The Hall–Kier alpha value is 0.349. The molecule has 0 aliphatic carbocycles. The molecular formula is C4H8MnO. The number of rotatable bonds is 2. The first kappa shape index (κ1) is 6.35. The number of ether oxygens (including phenoxy) is 1. The van der Waals surface area contributed by atoms with Gasteiger partial charge in [-0.15, -0.1) is 0 Å². The molecule has 0 bridgehead atoms. The van der Waals surface area contributed by atoms with E-state index in [9.17, 15) is 0 Å². The molecule has 0 atom stereocenters. The Bertz CT molecular complexity index is 51.5. The maximum atomic E-state index is 4.88. The Morgan fingerprint density at radius 2 is 2.33 bits per heavy atom. The molecule has 0 aliphatic heterocycles. The van der Waals surface area contributed by atoms with E-state index < -0.39 is 0 Å². The van der Waals surface area contributed by atoms with Crippen molar-refractivity contribution in [3.63, 3.8) is 0 Å². The van der Waals surface area contributed by atoms with Gasteiger partial charge < -0.3 is 0 Å². The minimum atomic E-state index is 0.747. The molecule has 0 aliphatic rings. The zero-order valence-corrected chi connectivity index (χ0v) is 5.17. The van der Waals surface area contributed by atoms with Crippen molar-refractivity contribution in [2.75, 3.05) is 6.61 Å². The molecule has 0 radical (unpaired) electrons. The predicted molar refractivity (Wildman–Crippen MR) is 22.3 cm³/mol. The van der Waals surface area contributed by atoms with Gasteiger partial charge in [0.05, 0.1) is 0 Å². The second-order valence-electron chi connectivity index (χ2n) is 0.903. The van der Waals surface area contributed by atoms with Gasteiger partial charge in [0.1, 0.15) is 0 Å². The minimum absolute atomic E-state index is 0.747. The zero-order chi connectivity index (χ0) is 4.99. The summed E-state index contributed by atoms with van der Waals surface area (Å²) in [7, 11) is 0. The Kier molecular flexibility index (Phi) is 3.74. The van der Waals surface area contributed by atoms with Gasteiger partial charge >= 0.3 is 45.4 Å². The van der Waals surface area contributed by atoms with Crippen LogP contribution in [0.2, 0.25) is 0 Å². The van der Waals surface area contributed by atoms with Gasteiger partial charge in [-0.1, -0.05) is 0 Å². The van der Waals surface area contributed by atoms with Crippen LogP contribution in [-0.4, -0.2) is 11.2 Å². The molecule has 0 rings (SSSR count). The molecule has 1 nitrogen and oxygen atoms in total. The van der Waals surface area contributed by atoms with E-state index in [1.807, 2.05) is 13.8 Å². The van der Waals surface area contributed by atoms with Crippen LogP contribution in [0.4, 0.5) is 0 Å². The molecule has 0 N–H and O–H groups in total. The summed E-state index contributed by atoms with van der Waals surface area (Å²) >= 11 is 3.13. The number of hydrogen-bond acceptors (Lipinski definition) is 1.